The molecule has 0 amide bonds. The Kier molecular flexibility index (Phi) is 3.76. The molecule has 3 aromatic carbocycles. The largest absolute Gasteiger partial charge is 0.456 e. The fourth-order valence-electron chi connectivity index (χ4n) is 3.37. The molecule has 4 rings (SSSR count). The Morgan fingerprint density at radius 1 is 0.760 bits per heavy atom. The highest BCUT2D eigenvalue weighted by atomic mass is 16.3. The first-order valence-electron chi connectivity index (χ1n) is 8.75. The maximum Gasteiger partial charge on any atom is 0.135 e. The minimum atomic E-state index is 0.0319. The Hall–Kier alpha value is -2.74. The van der Waals surface area contributed by atoms with Crippen LogP contribution in [0.3, 0.4) is 0 Å². The van der Waals surface area contributed by atoms with Crippen molar-refractivity contribution in [2.75, 3.05) is 4.90 Å². The molecule has 0 aliphatic heterocycles. The predicted molar refractivity (Wildman–Crippen MR) is 106 cm³/mol. The molecule has 0 bridgehead atoms. The van der Waals surface area contributed by atoms with E-state index in [1.165, 1.54) is 22.0 Å². The van der Waals surface area contributed by atoms with Gasteiger partial charge in [-0.25, -0.2) is 0 Å². The number of hydrogen-bond donors (Lipinski definition) is 0. The van der Waals surface area contributed by atoms with Crippen LogP contribution in [0.25, 0.3) is 21.9 Å². The van der Waals surface area contributed by atoms with Crippen molar-refractivity contribution in [2.24, 2.45) is 0 Å². The molecule has 0 aliphatic carbocycles. The highest BCUT2D eigenvalue weighted by Crippen LogP contribution is 2.31. The van der Waals surface area contributed by atoms with Crippen LogP contribution in [0.4, 0.5) is 5.69 Å². The van der Waals surface area contributed by atoms with Crippen molar-refractivity contribution in [3.8, 4) is 0 Å². The molecule has 0 saturated heterocycles. The van der Waals surface area contributed by atoms with Gasteiger partial charge in [-0.1, -0.05) is 48.5 Å². The Labute approximate surface area is 148 Å². The fourth-order valence-corrected chi connectivity index (χ4v) is 3.37. The van der Waals surface area contributed by atoms with Gasteiger partial charge >= 0.3 is 0 Å². The molecule has 0 radical (unpaired) electrons. The lowest BCUT2D eigenvalue weighted by atomic mass is 10.0. The second kappa shape index (κ2) is 5.96. The zero-order valence-corrected chi connectivity index (χ0v) is 15.0. The molecule has 0 spiro atoms. The molecular formula is C23H23NO. The Morgan fingerprint density at radius 2 is 1.44 bits per heavy atom. The standard InChI is InChI=1S/C23H23NO/c1-23(2,3)24(18-9-5-4-6-10-18)16-17-13-14-20-19-11-7-8-12-21(19)25-22(20)15-17/h4-15H,16H2,1-3H3. The van der Waals surface area contributed by atoms with Gasteiger partial charge in [0.25, 0.3) is 0 Å². The number of benzene rings is 3. The number of anilines is 1. The summed E-state index contributed by atoms with van der Waals surface area (Å²) in [7, 11) is 0. The summed E-state index contributed by atoms with van der Waals surface area (Å²) >= 11 is 0. The van der Waals surface area contributed by atoms with Crippen molar-refractivity contribution < 1.29 is 4.42 Å². The molecule has 4 aromatic rings. The lowest BCUT2D eigenvalue weighted by molar-refractivity contribution is 0.501. The summed E-state index contributed by atoms with van der Waals surface area (Å²) in [5.74, 6) is 0. The highest BCUT2D eigenvalue weighted by molar-refractivity contribution is 6.04. The SMILES string of the molecule is CC(C)(C)N(Cc1ccc2c(c1)oc1ccccc12)c1ccccc1. The molecular weight excluding hydrogens is 306 g/mol. The van der Waals surface area contributed by atoms with Crippen LogP contribution in [0.5, 0.6) is 0 Å². The first-order valence-corrected chi connectivity index (χ1v) is 8.75. The highest BCUT2D eigenvalue weighted by Gasteiger charge is 2.22. The third kappa shape index (κ3) is 3.00. The van der Waals surface area contributed by atoms with Crippen LogP contribution in [0.2, 0.25) is 0 Å². The van der Waals surface area contributed by atoms with Crippen molar-refractivity contribution in [1.29, 1.82) is 0 Å². The van der Waals surface area contributed by atoms with E-state index in [1.807, 2.05) is 12.1 Å². The van der Waals surface area contributed by atoms with Crippen molar-refractivity contribution in [1.82, 2.24) is 0 Å². The maximum atomic E-state index is 6.05. The summed E-state index contributed by atoms with van der Waals surface area (Å²) in [6, 6.07) is 25.4. The summed E-state index contributed by atoms with van der Waals surface area (Å²) in [6.07, 6.45) is 0. The van der Waals surface area contributed by atoms with Gasteiger partial charge in [-0.3, -0.25) is 0 Å². The number of fused-ring (bicyclic) bond motifs is 3. The van der Waals surface area contributed by atoms with Gasteiger partial charge in [0.2, 0.25) is 0 Å². The van der Waals surface area contributed by atoms with Crippen LogP contribution in [-0.2, 0) is 6.54 Å². The first kappa shape index (κ1) is 15.8. The summed E-state index contributed by atoms with van der Waals surface area (Å²) in [6.45, 7) is 7.60. The van der Waals surface area contributed by atoms with Gasteiger partial charge in [-0.15, -0.1) is 0 Å². The molecule has 0 aliphatic rings. The van der Waals surface area contributed by atoms with E-state index in [1.54, 1.807) is 0 Å². The topological polar surface area (TPSA) is 16.4 Å². The Bertz CT molecular complexity index is 1010. The quantitative estimate of drug-likeness (QED) is 0.433. The van der Waals surface area contributed by atoms with Crippen LogP contribution in [0, 0.1) is 0 Å². The second-order valence-corrected chi connectivity index (χ2v) is 7.52. The summed E-state index contributed by atoms with van der Waals surface area (Å²) in [5.41, 5.74) is 4.43. The monoisotopic (exact) mass is 329 g/mol. The molecule has 0 unspecified atom stereocenters. The number of rotatable bonds is 3. The van der Waals surface area contributed by atoms with E-state index in [4.69, 9.17) is 4.42 Å². The zero-order valence-electron chi connectivity index (χ0n) is 15.0. The molecule has 0 saturated carbocycles. The van der Waals surface area contributed by atoms with Crippen LogP contribution >= 0.6 is 0 Å². The summed E-state index contributed by atoms with van der Waals surface area (Å²) in [4.78, 5) is 2.43. The molecule has 2 nitrogen and oxygen atoms in total. The second-order valence-electron chi connectivity index (χ2n) is 7.52. The van der Waals surface area contributed by atoms with Gasteiger partial charge in [-0.2, -0.15) is 0 Å². The predicted octanol–water partition coefficient (Wildman–Crippen LogP) is 6.39. The van der Waals surface area contributed by atoms with Gasteiger partial charge in [0.1, 0.15) is 11.2 Å². The smallest absolute Gasteiger partial charge is 0.135 e. The molecule has 2 heteroatoms. The van der Waals surface area contributed by atoms with E-state index in [2.05, 4.69) is 86.3 Å². The maximum absolute atomic E-state index is 6.05. The fraction of sp³-hybridized carbons (Fsp3) is 0.217. The Balaban J connectivity index is 1.74. The van der Waals surface area contributed by atoms with Crippen LogP contribution in [0.1, 0.15) is 26.3 Å². The number of nitrogens with zero attached hydrogens (tertiary/aromatic N) is 1. The Morgan fingerprint density at radius 3 is 2.20 bits per heavy atom. The van der Waals surface area contributed by atoms with E-state index in [0.29, 0.717) is 0 Å². The van der Waals surface area contributed by atoms with Crippen molar-refractivity contribution in [2.45, 2.75) is 32.9 Å². The first-order chi connectivity index (χ1) is 12.0. The van der Waals surface area contributed by atoms with Crippen LogP contribution < -0.4 is 4.90 Å². The van der Waals surface area contributed by atoms with Gasteiger partial charge in [0.15, 0.2) is 0 Å². The van der Waals surface area contributed by atoms with Crippen LogP contribution in [-0.4, -0.2) is 5.54 Å². The molecule has 1 heterocycles. The molecule has 126 valence electrons. The number of hydrogen-bond acceptors (Lipinski definition) is 2. The van der Waals surface area contributed by atoms with Crippen molar-refractivity contribution >= 4 is 27.6 Å². The third-order valence-electron chi connectivity index (χ3n) is 4.66. The lowest BCUT2D eigenvalue weighted by Crippen LogP contribution is -2.40. The van der Waals surface area contributed by atoms with Crippen molar-refractivity contribution in [3.05, 3.63) is 78.4 Å². The van der Waals surface area contributed by atoms with Gasteiger partial charge < -0.3 is 9.32 Å². The molecule has 0 atom stereocenters. The minimum Gasteiger partial charge on any atom is -0.456 e. The average molecular weight is 329 g/mol. The minimum absolute atomic E-state index is 0.0319. The van der Waals surface area contributed by atoms with E-state index < -0.39 is 0 Å². The van der Waals surface area contributed by atoms with Gasteiger partial charge in [0, 0.05) is 28.5 Å². The third-order valence-corrected chi connectivity index (χ3v) is 4.66. The zero-order chi connectivity index (χ0) is 17.4. The lowest BCUT2D eigenvalue weighted by Gasteiger charge is -2.38. The molecule has 25 heavy (non-hydrogen) atoms. The number of furan rings is 1. The van der Waals surface area contributed by atoms with Crippen LogP contribution in [0.15, 0.2) is 77.2 Å². The van der Waals surface area contributed by atoms with E-state index >= 15 is 0 Å². The normalized spacial score (nSPS) is 12.0. The molecule has 0 fully saturated rings. The number of para-hydroxylation sites is 2. The van der Waals surface area contributed by atoms with Gasteiger partial charge in [-0.05, 0) is 50.6 Å². The van der Waals surface area contributed by atoms with E-state index in [0.717, 1.165) is 17.7 Å². The van der Waals surface area contributed by atoms with Gasteiger partial charge in [0.05, 0.1) is 0 Å². The molecule has 0 N–H and O–H groups in total. The average Bonchev–Trinajstić information content (AvgIpc) is 2.97. The molecule has 1 aromatic heterocycles. The van der Waals surface area contributed by atoms with Crippen molar-refractivity contribution in [3.63, 3.8) is 0 Å². The van der Waals surface area contributed by atoms with E-state index in [-0.39, 0.29) is 5.54 Å². The van der Waals surface area contributed by atoms with E-state index in [9.17, 15) is 0 Å². The summed E-state index contributed by atoms with van der Waals surface area (Å²) in [5, 5.41) is 2.36. The summed E-state index contributed by atoms with van der Waals surface area (Å²) < 4.78 is 6.05.